The van der Waals surface area contributed by atoms with E-state index in [1.54, 1.807) is 0 Å². The quantitative estimate of drug-likeness (QED) is 0.430. The van der Waals surface area contributed by atoms with Gasteiger partial charge in [-0.05, 0) is 0 Å². The second kappa shape index (κ2) is 8.38. The first-order chi connectivity index (χ1) is 14.7. The third kappa shape index (κ3) is 4.53. The number of aryl methyl sites for hydroxylation is 1. The standard InChI is InChI=1S/C23H27AsBrN2O5/c1-11-9-12-15-14(25)10-13(24-20(28)32-23(5,6)7)17(31-8)16(15)27(21(29)30)19(12)26-18(11)22(2,3)4/h9-10H,1-8H3,(H,29,30). The summed E-state index contributed by atoms with van der Waals surface area (Å²) in [6, 6.07) is 3.79. The van der Waals surface area contributed by atoms with E-state index in [2.05, 4.69) is 15.9 Å². The molecule has 1 aromatic carbocycles. The van der Waals surface area contributed by atoms with E-state index in [1.165, 1.54) is 7.11 Å². The molecule has 171 valence electrons. The monoisotopic (exact) mass is 565 g/mol. The van der Waals surface area contributed by atoms with Crippen molar-refractivity contribution in [3.05, 3.63) is 27.9 Å². The number of rotatable bonds is 3. The summed E-state index contributed by atoms with van der Waals surface area (Å²) in [7, 11) is 1.48. The van der Waals surface area contributed by atoms with Crippen LogP contribution in [0.1, 0.15) is 52.8 Å². The number of pyridine rings is 1. The average molecular weight is 566 g/mol. The van der Waals surface area contributed by atoms with E-state index in [0.717, 1.165) is 15.8 Å². The predicted molar refractivity (Wildman–Crippen MR) is 130 cm³/mol. The zero-order valence-corrected chi connectivity index (χ0v) is 22.9. The number of carbonyl (C=O) groups is 2. The van der Waals surface area contributed by atoms with Crippen molar-refractivity contribution in [2.24, 2.45) is 0 Å². The molecule has 0 saturated heterocycles. The molecule has 2 heterocycles. The van der Waals surface area contributed by atoms with E-state index in [1.807, 2.05) is 60.6 Å². The Balaban J connectivity index is 2.40. The SMILES string of the molecule is COc1c([As]C(=O)OC(C)(C)C)cc(Br)c2c3cc(C)c(C(C)(C)C)nc3n(C(=O)O)c12. The summed E-state index contributed by atoms with van der Waals surface area (Å²) in [5.74, 6) is 0.351. The number of carbonyl (C=O) groups excluding carboxylic acids is 1. The van der Waals surface area contributed by atoms with Crippen LogP contribution in [0, 0.1) is 6.92 Å². The Hall–Kier alpha value is -2.05. The normalized spacial score (nSPS) is 12.8. The van der Waals surface area contributed by atoms with Crippen molar-refractivity contribution < 1.29 is 24.2 Å². The van der Waals surface area contributed by atoms with Crippen LogP contribution in [-0.4, -0.2) is 54.0 Å². The number of fused-ring (bicyclic) bond motifs is 3. The molecule has 0 amide bonds. The summed E-state index contributed by atoms with van der Waals surface area (Å²) in [5.41, 5.74) is 1.65. The second-order valence-electron chi connectivity index (χ2n) is 9.62. The molecular weight excluding hydrogens is 539 g/mol. The third-order valence-electron chi connectivity index (χ3n) is 4.80. The molecule has 0 aliphatic heterocycles. The molecule has 3 aromatic rings. The molecule has 0 bridgehead atoms. The van der Waals surface area contributed by atoms with E-state index in [0.29, 0.717) is 36.5 Å². The van der Waals surface area contributed by atoms with Crippen molar-refractivity contribution in [2.45, 2.75) is 59.5 Å². The summed E-state index contributed by atoms with van der Waals surface area (Å²) < 4.78 is 13.3. The maximum atomic E-state index is 12.5. The molecule has 0 aliphatic carbocycles. The van der Waals surface area contributed by atoms with Crippen molar-refractivity contribution in [1.29, 1.82) is 0 Å². The van der Waals surface area contributed by atoms with Crippen molar-refractivity contribution in [2.75, 3.05) is 7.11 Å². The number of aromatic nitrogens is 2. The van der Waals surface area contributed by atoms with Crippen LogP contribution in [0.4, 0.5) is 9.59 Å². The van der Waals surface area contributed by atoms with Gasteiger partial charge in [-0.3, -0.25) is 0 Å². The molecule has 9 heteroatoms. The van der Waals surface area contributed by atoms with E-state index in [-0.39, 0.29) is 10.2 Å². The number of benzene rings is 1. The fourth-order valence-corrected chi connectivity index (χ4v) is 6.88. The zero-order chi connectivity index (χ0) is 24.2. The van der Waals surface area contributed by atoms with E-state index in [4.69, 9.17) is 14.5 Å². The first-order valence-corrected chi connectivity index (χ1v) is 12.7. The number of methoxy groups -OCH3 is 1. The molecule has 2 aromatic heterocycles. The maximum absolute atomic E-state index is 12.5. The van der Waals surface area contributed by atoms with E-state index < -0.39 is 27.4 Å². The summed E-state index contributed by atoms with van der Waals surface area (Å²) >= 11 is 2.52. The van der Waals surface area contributed by atoms with Gasteiger partial charge in [0, 0.05) is 0 Å². The van der Waals surface area contributed by atoms with Gasteiger partial charge in [0.05, 0.1) is 0 Å². The van der Waals surface area contributed by atoms with Crippen molar-refractivity contribution in [1.82, 2.24) is 9.55 Å². The molecule has 7 nitrogen and oxygen atoms in total. The fraction of sp³-hybridized carbons (Fsp3) is 0.435. The van der Waals surface area contributed by atoms with Gasteiger partial charge in [-0.1, -0.05) is 0 Å². The summed E-state index contributed by atoms with van der Waals surface area (Å²) in [6.45, 7) is 13.5. The number of hydrogen-bond donors (Lipinski definition) is 1. The molecule has 1 radical (unpaired) electrons. The van der Waals surface area contributed by atoms with Crippen LogP contribution in [0.2, 0.25) is 0 Å². The van der Waals surface area contributed by atoms with Crippen LogP contribution in [0.5, 0.6) is 5.75 Å². The average Bonchev–Trinajstić information content (AvgIpc) is 2.93. The molecule has 0 atom stereocenters. The molecular formula is C23H27AsBrN2O5. The van der Waals surface area contributed by atoms with Crippen LogP contribution in [0.3, 0.4) is 0 Å². The Morgan fingerprint density at radius 2 is 1.78 bits per heavy atom. The first kappa shape index (κ1) is 24.6. The summed E-state index contributed by atoms with van der Waals surface area (Å²) in [6.07, 6.45) is -1.17. The van der Waals surface area contributed by atoms with Gasteiger partial charge in [0.2, 0.25) is 0 Å². The number of hydrogen-bond acceptors (Lipinski definition) is 5. The van der Waals surface area contributed by atoms with Crippen molar-refractivity contribution in [3.63, 3.8) is 0 Å². The van der Waals surface area contributed by atoms with Gasteiger partial charge in [0.15, 0.2) is 0 Å². The Kier molecular flexibility index (Phi) is 6.44. The Bertz CT molecular complexity index is 1250. The van der Waals surface area contributed by atoms with Crippen LogP contribution in [0.25, 0.3) is 21.9 Å². The van der Waals surface area contributed by atoms with E-state index in [9.17, 15) is 14.7 Å². The zero-order valence-electron chi connectivity index (χ0n) is 19.5. The summed E-state index contributed by atoms with van der Waals surface area (Å²) in [4.78, 5) is 29.7. The molecule has 32 heavy (non-hydrogen) atoms. The first-order valence-electron chi connectivity index (χ1n) is 10.1. The minimum absolute atomic E-state index is 0.258. The van der Waals surface area contributed by atoms with Crippen molar-refractivity contribution >= 4 is 68.8 Å². The van der Waals surface area contributed by atoms with E-state index >= 15 is 0 Å². The third-order valence-corrected chi connectivity index (χ3v) is 7.20. The Morgan fingerprint density at radius 1 is 1.16 bits per heavy atom. The summed E-state index contributed by atoms with van der Waals surface area (Å²) in [5, 5.41) is 11.5. The van der Waals surface area contributed by atoms with Crippen LogP contribution in [-0.2, 0) is 10.2 Å². The Morgan fingerprint density at radius 3 is 2.28 bits per heavy atom. The molecule has 0 saturated carbocycles. The van der Waals surface area contributed by atoms with Gasteiger partial charge in [0.25, 0.3) is 0 Å². The molecule has 0 spiro atoms. The topological polar surface area (TPSA) is 90.7 Å². The molecule has 0 fully saturated rings. The molecule has 3 rings (SSSR count). The van der Waals surface area contributed by atoms with Gasteiger partial charge < -0.3 is 0 Å². The van der Waals surface area contributed by atoms with Gasteiger partial charge in [0.1, 0.15) is 0 Å². The van der Waals surface area contributed by atoms with Crippen LogP contribution in [0.15, 0.2) is 16.6 Å². The molecule has 0 aliphatic rings. The van der Waals surface area contributed by atoms with Gasteiger partial charge >= 0.3 is 203 Å². The number of ether oxygens (including phenoxy) is 2. The van der Waals surface area contributed by atoms with Gasteiger partial charge in [-0.25, -0.2) is 0 Å². The number of halogens is 1. The predicted octanol–water partition coefficient (Wildman–Crippen LogP) is 5.36. The van der Waals surface area contributed by atoms with Crippen LogP contribution < -0.4 is 9.09 Å². The number of carboxylic acid groups (broad SMARTS) is 1. The molecule has 1 N–H and O–H groups in total. The van der Waals surface area contributed by atoms with Crippen molar-refractivity contribution in [3.8, 4) is 5.75 Å². The Labute approximate surface area is 202 Å². The number of nitrogens with zero attached hydrogens (tertiary/aromatic N) is 2. The fourth-order valence-electron chi connectivity index (χ4n) is 3.75. The second-order valence-corrected chi connectivity index (χ2v) is 12.7. The van der Waals surface area contributed by atoms with Gasteiger partial charge in [-0.2, -0.15) is 0 Å². The van der Waals surface area contributed by atoms with Crippen LogP contribution >= 0.6 is 15.9 Å². The molecule has 0 unspecified atom stereocenters. The van der Waals surface area contributed by atoms with Gasteiger partial charge in [-0.15, -0.1) is 0 Å². The minimum atomic E-state index is -1.17.